The molecule has 2 rings (SSSR count). The van der Waals surface area contributed by atoms with Gasteiger partial charge in [-0.1, -0.05) is 13.8 Å². The smallest absolute Gasteiger partial charge is 0.273 e. The van der Waals surface area contributed by atoms with E-state index in [-0.39, 0.29) is 5.69 Å². The van der Waals surface area contributed by atoms with Crippen LogP contribution in [0.25, 0.3) is 11.4 Å². The Kier molecular flexibility index (Phi) is 4.37. The van der Waals surface area contributed by atoms with Gasteiger partial charge in [0.25, 0.3) is 5.69 Å². The van der Waals surface area contributed by atoms with Crippen LogP contribution in [-0.4, -0.2) is 26.8 Å². The number of non-ortho nitro benzene ring substituents is 1. The van der Waals surface area contributed by atoms with Gasteiger partial charge in [-0.25, -0.2) is 0 Å². The number of methoxy groups -OCH3 is 1. The number of aromatic amines is 1. The molecule has 2 aromatic rings. The van der Waals surface area contributed by atoms with Crippen LogP contribution in [-0.2, 0) is 6.54 Å². The van der Waals surface area contributed by atoms with Gasteiger partial charge in [-0.05, 0) is 24.2 Å². The average Bonchev–Trinajstić information content (AvgIpc) is 2.78. The van der Waals surface area contributed by atoms with Crippen molar-refractivity contribution in [3.8, 4) is 17.1 Å². The number of H-pyrrole nitrogens is 1. The molecule has 1 aromatic heterocycles. The van der Waals surface area contributed by atoms with Crippen LogP contribution < -0.4 is 4.74 Å². The molecular weight excluding hydrogens is 292 g/mol. The first-order valence-electron chi connectivity index (χ1n) is 6.42. The van der Waals surface area contributed by atoms with E-state index in [0.717, 1.165) is 0 Å². The number of hydrogen-bond donors (Lipinski definition) is 1. The zero-order valence-corrected chi connectivity index (χ0v) is 12.8. The van der Waals surface area contributed by atoms with Crippen molar-refractivity contribution in [2.75, 3.05) is 7.11 Å². The van der Waals surface area contributed by atoms with Crippen LogP contribution in [0.1, 0.15) is 13.8 Å². The van der Waals surface area contributed by atoms with E-state index in [0.29, 0.717) is 34.4 Å². The van der Waals surface area contributed by atoms with Gasteiger partial charge in [0.2, 0.25) is 0 Å². The van der Waals surface area contributed by atoms with Gasteiger partial charge < -0.3 is 4.74 Å². The molecule has 21 heavy (non-hydrogen) atoms. The maximum absolute atomic E-state index is 10.8. The molecule has 112 valence electrons. The summed E-state index contributed by atoms with van der Waals surface area (Å²) in [5, 5.41) is 17.8. The first-order valence-corrected chi connectivity index (χ1v) is 6.83. The van der Waals surface area contributed by atoms with Crippen molar-refractivity contribution in [3.63, 3.8) is 0 Å². The van der Waals surface area contributed by atoms with Crippen molar-refractivity contribution in [3.05, 3.63) is 33.1 Å². The van der Waals surface area contributed by atoms with E-state index in [1.54, 1.807) is 6.07 Å². The molecular formula is C13H16N4O3S. The van der Waals surface area contributed by atoms with Crippen molar-refractivity contribution >= 4 is 17.9 Å². The van der Waals surface area contributed by atoms with Crippen LogP contribution in [0.4, 0.5) is 5.69 Å². The Labute approximate surface area is 126 Å². The molecule has 0 saturated heterocycles. The fourth-order valence-corrected chi connectivity index (χ4v) is 2.24. The first-order chi connectivity index (χ1) is 9.93. The molecule has 8 heteroatoms. The van der Waals surface area contributed by atoms with Crippen LogP contribution in [0.3, 0.4) is 0 Å². The lowest BCUT2D eigenvalue weighted by atomic mass is 10.1. The van der Waals surface area contributed by atoms with E-state index in [1.807, 2.05) is 4.57 Å². The minimum Gasteiger partial charge on any atom is -0.496 e. The molecule has 0 amide bonds. The lowest BCUT2D eigenvalue weighted by Gasteiger charge is -2.11. The van der Waals surface area contributed by atoms with Crippen molar-refractivity contribution < 1.29 is 9.66 Å². The van der Waals surface area contributed by atoms with Gasteiger partial charge >= 0.3 is 0 Å². The first kappa shape index (κ1) is 15.2. The summed E-state index contributed by atoms with van der Waals surface area (Å²) in [5.41, 5.74) is 0.635. The summed E-state index contributed by atoms with van der Waals surface area (Å²) in [6, 6.07) is 4.43. The van der Waals surface area contributed by atoms with E-state index in [1.165, 1.54) is 19.2 Å². The number of nitro benzene ring substituents is 1. The van der Waals surface area contributed by atoms with Gasteiger partial charge in [-0.3, -0.25) is 19.8 Å². The lowest BCUT2D eigenvalue weighted by Crippen LogP contribution is -2.07. The van der Waals surface area contributed by atoms with E-state index in [2.05, 4.69) is 24.0 Å². The van der Waals surface area contributed by atoms with Gasteiger partial charge in [0.05, 0.1) is 23.7 Å². The summed E-state index contributed by atoms with van der Waals surface area (Å²) in [5.74, 6) is 1.39. The molecule has 0 fully saturated rings. The van der Waals surface area contributed by atoms with Gasteiger partial charge in [-0.15, -0.1) is 0 Å². The highest BCUT2D eigenvalue weighted by atomic mass is 32.1. The molecule has 1 aromatic carbocycles. The molecule has 0 aliphatic rings. The largest absolute Gasteiger partial charge is 0.496 e. The molecule has 7 nitrogen and oxygen atoms in total. The Morgan fingerprint density at radius 1 is 1.52 bits per heavy atom. The molecule has 0 aliphatic carbocycles. The number of nitrogens with one attached hydrogen (secondary N) is 1. The number of aromatic nitrogens is 3. The van der Waals surface area contributed by atoms with Crippen molar-refractivity contribution in [1.29, 1.82) is 0 Å². The fourth-order valence-electron chi connectivity index (χ4n) is 2.04. The van der Waals surface area contributed by atoms with E-state index >= 15 is 0 Å². The molecule has 0 saturated carbocycles. The topological polar surface area (TPSA) is 86.0 Å². The van der Waals surface area contributed by atoms with Gasteiger partial charge in [0.15, 0.2) is 10.6 Å². The third kappa shape index (κ3) is 3.10. The third-order valence-electron chi connectivity index (χ3n) is 2.94. The molecule has 0 aliphatic heterocycles. The van der Waals surface area contributed by atoms with Gasteiger partial charge in [-0.2, -0.15) is 5.10 Å². The number of rotatable bonds is 5. The lowest BCUT2D eigenvalue weighted by molar-refractivity contribution is -0.384. The molecule has 0 radical (unpaired) electrons. The second-order valence-electron chi connectivity index (χ2n) is 5.00. The number of hydrogen-bond acceptors (Lipinski definition) is 5. The number of nitro groups is 1. The predicted molar refractivity (Wildman–Crippen MR) is 80.9 cm³/mol. The minimum absolute atomic E-state index is 0.0276. The summed E-state index contributed by atoms with van der Waals surface area (Å²) in [6.07, 6.45) is 0. The fraction of sp³-hybridized carbons (Fsp3) is 0.385. The van der Waals surface area contributed by atoms with Crippen LogP contribution in [0.15, 0.2) is 18.2 Å². The molecule has 0 atom stereocenters. The Hall–Kier alpha value is -2.22. The van der Waals surface area contributed by atoms with Crippen molar-refractivity contribution in [2.45, 2.75) is 20.4 Å². The summed E-state index contributed by atoms with van der Waals surface area (Å²) in [6.45, 7) is 4.85. The van der Waals surface area contributed by atoms with Crippen LogP contribution in [0.2, 0.25) is 0 Å². The molecule has 0 bridgehead atoms. The molecule has 0 unspecified atom stereocenters. The SMILES string of the molecule is COc1cc([N+](=O)[O-])ccc1-c1n[nH]c(=S)n1CC(C)C. The second kappa shape index (κ2) is 6.04. The van der Waals surface area contributed by atoms with Crippen LogP contribution >= 0.6 is 12.2 Å². The number of ether oxygens (including phenoxy) is 1. The zero-order valence-electron chi connectivity index (χ0n) is 12.0. The summed E-state index contributed by atoms with van der Waals surface area (Å²) in [7, 11) is 1.47. The van der Waals surface area contributed by atoms with Gasteiger partial charge in [0, 0.05) is 12.6 Å². The van der Waals surface area contributed by atoms with Crippen molar-refractivity contribution in [1.82, 2.24) is 14.8 Å². The van der Waals surface area contributed by atoms with E-state index in [9.17, 15) is 10.1 Å². The Balaban J connectivity index is 2.57. The molecule has 1 N–H and O–H groups in total. The molecule has 0 spiro atoms. The highest BCUT2D eigenvalue weighted by molar-refractivity contribution is 7.71. The van der Waals surface area contributed by atoms with Crippen LogP contribution in [0, 0.1) is 20.8 Å². The maximum atomic E-state index is 10.8. The summed E-state index contributed by atoms with van der Waals surface area (Å²) in [4.78, 5) is 10.4. The third-order valence-corrected chi connectivity index (χ3v) is 3.25. The second-order valence-corrected chi connectivity index (χ2v) is 5.39. The highest BCUT2D eigenvalue weighted by Gasteiger charge is 2.17. The van der Waals surface area contributed by atoms with Gasteiger partial charge in [0.1, 0.15) is 5.75 Å². The van der Waals surface area contributed by atoms with Crippen LogP contribution in [0.5, 0.6) is 5.75 Å². The highest BCUT2D eigenvalue weighted by Crippen LogP contribution is 2.32. The number of nitrogens with zero attached hydrogens (tertiary/aromatic N) is 3. The normalized spacial score (nSPS) is 10.9. The predicted octanol–water partition coefficient (Wildman–Crippen LogP) is 3.18. The number of benzene rings is 1. The Morgan fingerprint density at radius 3 is 2.81 bits per heavy atom. The maximum Gasteiger partial charge on any atom is 0.273 e. The molecule has 1 heterocycles. The summed E-state index contributed by atoms with van der Waals surface area (Å²) < 4.78 is 7.63. The Bertz CT molecular complexity index is 720. The quantitative estimate of drug-likeness (QED) is 0.521. The van der Waals surface area contributed by atoms with E-state index in [4.69, 9.17) is 17.0 Å². The van der Waals surface area contributed by atoms with E-state index < -0.39 is 4.92 Å². The minimum atomic E-state index is -0.461. The Morgan fingerprint density at radius 2 is 2.24 bits per heavy atom. The zero-order chi connectivity index (χ0) is 15.6. The van der Waals surface area contributed by atoms with Crippen molar-refractivity contribution in [2.24, 2.45) is 5.92 Å². The standard InChI is InChI=1S/C13H16N4O3S/c1-8(2)7-16-12(14-15-13(16)21)10-5-4-9(17(18)19)6-11(10)20-3/h4-6,8H,7H2,1-3H3,(H,15,21). The monoisotopic (exact) mass is 308 g/mol. The average molecular weight is 308 g/mol. The summed E-state index contributed by atoms with van der Waals surface area (Å²) >= 11 is 5.23.